The third-order valence-corrected chi connectivity index (χ3v) is 2.35. The first-order valence-corrected chi connectivity index (χ1v) is 5.41. The van der Waals surface area contributed by atoms with Gasteiger partial charge in [0, 0.05) is 10.2 Å². The average molecular weight is 270 g/mol. The van der Waals surface area contributed by atoms with Gasteiger partial charge >= 0.3 is 5.97 Å². The summed E-state index contributed by atoms with van der Waals surface area (Å²) >= 11 is 3.31. The number of carbonyl (C=O) groups is 1. The molecule has 0 spiro atoms. The van der Waals surface area contributed by atoms with Crippen molar-refractivity contribution in [3.05, 3.63) is 34.3 Å². The second kappa shape index (κ2) is 5.66. The van der Waals surface area contributed by atoms with Crippen LogP contribution in [0.1, 0.15) is 18.9 Å². The summed E-state index contributed by atoms with van der Waals surface area (Å²) in [6.45, 7) is 2.10. The molecule has 4 heteroatoms. The van der Waals surface area contributed by atoms with Crippen molar-refractivity contribution in [1.82, 2.24) is 0 Å². The molecule has 15 heavy (non-hydrogen) atoms. The monoisotopic (exact) mass is 269 g/mol. The van der Waals surface area contributed by atoms with Gasteiger partial charge in [-0.2, -0.15) is 0 Å². The second-order valence-electron chi connectivity index (χ2n) is 2.97. The molecule has 0 aliphatic heterocycles. The zero-order valence-corrected chi connectivity index (χ0v) is 10.0. The van der Waals surface area contributed by atoms with Gasteiger partial charge in [0.15, 0.2) is 0 Å². The summed E-state index contributed by atoms with van der Waals surface area (Å²) in [7, 11) is 0. The average Bonchev–Trinajstić information content (AvgIpc) is 2.18. The highest BCUT2D eigenvalue weighted by atomic mass is 79.9. The molecule has 0 unspecified atom stereocenters. The number of hydrogen-bond donors (Lipinski definition) is 1. The van der Waals surface area contributed by atoms with Crippen molar-refractivity contribution in [2.45, 2.75) is 13.3 Å². The second-order valence-corrected chi connectivity index (χ2v) is 3.88. The van der Waals surface area contributed by atoms with Crippen LogP contribution < -0.4 is 0 Å². The van der Waals surface area contributed by atoms with E-state index in [4.69, 9.17) is 10.1 Å². The molecule has 0 aromatic heterocycles. The van der Waals surface area contributed by atoms with Crippen LogP contribution in [0.5, 0.6) is 0 Å². The Morgan fingerprint density at radius 2 is 2.00 bits per heavy atom. The zero-order chi connectivity index (χ0) is 11.3. The van der Waals surface area contributed by atoms with Crippen molar-refractivity contribution < 1.29 is 9.53 Å². The molecule has 0 aliphatic rings. The Balaban J connectivity index is 2.61. The largest absolute Gasteiger partial charge is 0.466 e. The van der Waals surface area contributed by atoms with E-state index in [1.807, 2.05) is 12.1 Å². The predicted molar refractivity (Wildman–Crippen MR) is 62.2 cm³/mol. The topological polar surface area (TPSA) is 50.2 Å². The van der Waals surface area contributed by atoms with Crippen molar-refractivity contribution in [1.29, 1.82) is 5.41 Å². The van der Waals surface area contributed by atoms with E-state index in [9.17, 15) is 4.79 Å². The fraction of sp³-hybridized carbons (Fsp3) is 0.273. The molecule has 0 saturated heterocycles. The number of esters is 1. The molecule has 0 saturated carbocycles. The molecule has 1 rings (SSSR count). The maximum absolute atomic E-state index is 11.1. The van der Waals surface area contributed by atoms with Crippen molar-refractivity contribution in [2.75, 3.05) is 6.61 Å². The smallest absolute Gasteiger partial charge is 0.311 e. The van der Waals surface area contributed by atoms with Crippen LogP contribution in [0, 0.1) is 5.41 Å². The van der Waals surface area contributed by atoms with Gasteiger partial charge in [-0.15, -0.1) is 0 Å². The highest BCUT2D eigenvalue weighted by Crippen LogP contribution is 2.12. The molecule has 0 amide bonds. The van der Waals surface area contributed by atoms with Crippen LogP contribution in [-0.4, -0.2) is 18.3 Å². The van der Waals surface area contributed by atoms with Crippen molar-refractivity contribution in [2.24, 2.45) is 0 Å². The minimum atomic E-state index is -0.356. The first kappa shape index (κ1) is 11.9. The maximum Gasteiger partial charge on any atom is 0.311 e. The molecular formula is C11H12BrNO2. The number of nitrogens with one attached hydrogen (secondary N) is 1. The van der Waals surface area contributed by atoms with Crippen LogP contribution in [0.25, 0.3) is 0 Å². The predicted octanol–water partition coefficient (Wildman–Crippen LogP) is 2.77. The number of rotatable bonds is 4. The first-order valence-electron chi connectivity index (χ1n) is 4.62. The molecule has 80 valence electrons. The van der Waals surface area contributed by atoms with Crippen LogP contribution >= 0.6 is 15.9 Å². The van der Waals surface area contributed by atoms with E-state index in [0.29, 0.717) is 6.61 Å². The quantitative estimate of drug-likeness (QED) is 0.675. The number of carbonyl (C=O) groups excluding carboxylic acids is 1. The van der Waals surface area contributed by atoms with Gasteiger partial charge in [-0.3, -0.25) is 4.79 Å². The Labute approximate surface area is 97.1 Å². The van der Waals surface area contributed by atoms with Crippen molar-refractivity contribution in [3.8, 4) is 0 Å². The van der Waals surface area contributed by atoms with Crippen molar-refractivity contribution in [3.63, 3.8) is 0 Å². The van der Waals surface area contributed by atoms with E-state index < -0.39 is 0 Å². The Morgan fingerprint density at radius 1 is 1.40 bits per heavy atom. The van der Waals surface area contributed by atoms with Crippen LogP contribution in [0.3, 0.4) is 0 Å². The number of ether oxygens (including phenoxy) is 1. The van der Waals surface area contributed by atoms with Gasteiger partial charge in [-0.1, -0.05) is 28.1 Å². The normalized spacial score (nSPS) is 9.73. The number of benzene rings is 1. The highest BCUT2D eigenvalue weighted by Gasteiger charge is 2.08. The number of halogens is 1. The summed E-state index contributed by atoms with van der Waals surface area (Å²) in [5.74, 6) is -0.356. The minimum absolute atomic E-state index is 0.0233. The van der Waals surface area contributed by atoms with E-state index in [-0.39, 0.29) is 18.1 Å². The highest BCUT2D eigenvalue weighted by molar-refractivity contribution is 9.10. The van der Waals surface area contributed by atoms with E-state index in [1.54, 1.807) is 19.1 Å². The molecule has 1 N–H and O–H groups in total. The van der Waals surface area contributed by atoms with Gasteiger partial charge in [-0.25, -0.2) is 0 Å². The summed E-state index contributed by atoms with van der Waals surface area (Å²) < 4.78 is 5.72. The van der Waals surface area contributed by atoms with Crippen molar-refractivity contribution >= 4 is 27.6 Å². The van der Waals surface area contributed by atoms with Gasteiger partial charge in [0.2, 0.25) is 0 Å². The van der Waals surface area contributed by atoms with Crippen LogP contribution in [0.15, 0.2) is 28.7 Å². The molecule has 1 aromatic carbocycles. The van der Waals surface area contributed by atoms with E-state index in [1.165, 1.54) is 0 Å². The third-order valence-electron chi connectivity index (χ3n) is 1.82. The molecular weight excluding hydrogens is 258 g/mol. The van der Waals surface area contributed by atoms with Crippen LogP contribution in [-0.2, 0) is 9.53 Å². The van der Waals surface area contributed by atoms with Crippen LogP contribution in [0.2, 0.25) is 0 Å². The zero-order valence-electron chi connectivity index (χ0n) is 8.42. The molecule has 0 aliphatic carbocycles. The molecule has 3 nitrogen and oxygen atoms in total. The maximum atomic E-state index is 11.1. The molecule has 0 bridgehead atoms. The summed E-state index contributed by atoms with van der Waals surface area (Å²) in [6, 6.07) is 7.28. The first-order chi connectivity index (χ1) is 7.13. The Kier molecular flexibility index (Phi) is 4.49. The lowest BCUT2D eigenvalue weighted by Gasteiger charge is -2.04. The summed E-state index contributed by atoms with van der Waals surface area (Å²) in [5, 5.41) is 7.69. The van der Waals surface area contributed by atoms with Gasteiger partial charge in [-0.05, 0) is 24.6 Å². The van der Waals surface area contributed by atoms with E-state index >= 15 is 0 Å². The van der Waals surface area contributed by atoms with Gasteiger partial charge in [0.05, 0.1) is 13.0 Å². The van der Waals surface area contributed by atoms with Crippen LogP contribution in [0.4, 0.5) is 0 Å². The molecule has 0 heterocycles. The van der Waals surface area contributed by atoms with Gasteiger partial charge in [0.25, 0.3) is 0 Å². The fourth-order valence-electron chi connectivity index (χ4n) is 1.11. The molecule has 0 atom stereocenters. The molecule has 0 radical (unpaired) electrons. The third kappa shape index (κ3) is 3.83. The summed E-state index contributed by atoms with van der Waals surface area (Å²) in [6.07, 6.45) is 0.0233. The van der Waals surface area contributed by atoms with Gasteiger partial charge < -0.3 is 10.1 Å². The fourth-order valence-corrected chi connectivity index (χ4v) is 1.37. The number of hydrogen-bond acceptors (Lipinski definition) is 3. The molecule has 0 fully saturated rings. The van der Waals surface area contributed by atoms with E-state index in [2.05, 4.69) is 15.9 Å². The van der Waals surface area contributed by atoms with Gasteiger partial charge in [0.1, 0.15) is 0 Å². The Bertz CT molecular complexity index is 359. The summed E-state index contributed by atoms with van der Waals surface area (Å²) in [4.78, 5) is 11.1. The lowest BCUT2D eigenvalue weighted by atomic mass is 10.1. The SMILES string of the molecule is CCOC(=O)CC(=N)c1ccc(Br)cc1. The standard InChI is InChI=1S/C11H12BrNO2/c1-2-15-11(14)7-10(13)8-3-5-9(12)6-4-8/h3-6,13H,2,7H2,1H3. The lowest BCUT2D eigenvalue weighted by molar-refractivity contribution is -0.141. The Hall–Kier alpha value is -1.16. The minimum Gasteiger partial charge on any atom is -0.466 e. The molecule has 1 aromatic rings. The lowest BCUT2D eigenvalue weighted by Crippen LogP contribution is -2.11. The van der Waals surface area contributed by atoms with E-state index in [0.717, 1.165) is 10.0 Å². The summed E-state index contributed by atoms with van der Waals surface area (Å²) in [5.41, 5.74) is 1.02. The Morgan fingerprint density at radius 3 is 2.53 bits per heavy atom.